The normalized spacial score (nSPS) is 13.1. The van der Waals surface area contributed by atoms with E-state index < -0.39 is 6.10 Å². The van der Waals surface area contributed by atoms with Gasteiger partial charge in [-0.25, -0.2) is 0 Å². The smallest absolute Gasteiger partial charge is 0.306 e. The monoisotopic (exact) mass is 1080 g/mol. The molecule has 0 aromatic rings. The highest BCUT2D eigenvalue weighted by molar-refractivity contribution is 5.71. The summed E-state index contributed by atoms with van der Waals surface area (Å²) in [5.74, 6) is -0.949. The molecule has 0 rings (SSSR count). The molecule has 0 bridgehead atoms. The number of allylic oxidation sites excluding steroid dienone is 24. The number of ether oxygens (including phenoxy) is 3. The van der Waals surface area contributed by atoms with Crippen molar-refractivity contribution in [3.63, 3.8) is 0 Å². The number of hydrogen-bond donors (Lipinski definition) is 0. The number of hydrogen-bond acceptors (Lipinski definition) is 6. The van der Waals surface area contributed by atoms with Crippen LogP contribution in [0.25, 0.3) is 0 Å². The van der Waals surface area contributed by atoms with Crippen molar-refractivity contribution in [3.05, 3.63) is 146 Å². The zero-order valence-corrected chi connectivity index (χ0v) is 50.4. The first kappa shape index (κ1) is 73.3. The maximum atomic E-state index is 12.9. The van der Waals surface area contributed by atoms with Crippen molar-refractivity contribution in [1.29, 1.82) is 0 Å². The van der Waals surface area contributed by atoms with Gasteiger partial charge in [0.05, 0.1) is 0 Å². The van der Waals surface area contributed by atoms with Gasteiger partial charge in [0.1, 0.15) is 13.2 Å². The van der Waals surface area contributed by atoms with E-state index in [4.69, 9.17) is 14.2 Å². The van der Waals surface area contributed by atoms with Gasteiger partial charge in [-0.2, -0.15) is 0 Å². The Labute approximate surface area is 480 Å². The van der Waals surface area contributed by atoms with E-state index in [0.717, 1.165) is 161 Å². The topological polar surface area (TPSA) is 78.9 Å². The predicted octanol–water partition coefficient (Wildman–Crippen LogP) is 21.9. The summed E-state index contributed by atoms with van der Waals surface area (Å²) in [5, 5.41) is 0. The molecule has 0 radical (unpaired) electrons. The highest BCUT2D eigenvalue weighted by Crippen LogP contribution is 2.14. The SMILES string of the molecule is CC/C=C\C/C=C\C/C=C\C/C=C\C/C=C\C/C=C\C/C=C\C/C=C\CCCCCCC(=O)OCC(COC(=O)CCCCCCC/C=C\C/C=C\CCCC)OC(=O)CCCCCCCCC/C=C\C/C=C\CCCCC. The maximum Gasteiger partial charge on any atom is 0.306 e. The quantitative estimate of drug-likeness (QED) is 0.0261. The first-order chi connectivity index (χ1) is 38.5. The molecule has 6 nitrogen and oxygen atoms in total. The molecular weight excluding hydrogens is 961 g/mol. The van der Waals surface area contributed by atoms with Gasteiger partial charge in [0.25, 0.3) is 0 Å². The fourth-order valence-corrected chi connectivity index (χ4v) is 8.27. The second kappa shape index (κ2) is 64.8. The van der Waals surface area contributed by atoms with Crippen molar-refractivity contribution in [3.8, 4) is 0 Å². The number of carbonyl (C=O) groups is 3. The van der Waals surface area contributed by atoms with Crippen LogP contribution in [0.5, 0.6) is 0 Å². The molecule has 78 heavy (non-hydrogen) atoms. The number of rotatable bonds is 56. The number of unbranched alkanes of at least 4 members (excludes halogenated alkanes) is 21. The molecule has 0 amide bonds. The Balaban J connectivity index is 4.43. The van der Waals surface area contributed by atoms with Gasteiger partial charge in [0, 0.05) is 19.3 Å². The lowest BCUT2D eigenvalue weighted by atomic mass is 10.1. The molecule has 1 unspecified atom stereocenters. The summed E-state index contributed by atoms with van der Waals surface area (Å²) in [6.45, 7) is 6.42. The fraction of sp³-hybridized carbons (Fsp3) is 0.625. The molecule has 0 aliphatic carbocycles. The zero-order chi connectivity index (χ0) is 56.4. The highest BCUT2D eigenvalue weighted by atomic mass is 16.6. The Bertz CT molecular complexity index is 1710. The van der Waals surface area contributed by atoms with Crippen LogP contribution >= 0.6 is 0 Å². The van der Waals surface area contributed by atoms with Gasteiger partial charge in [-0.3, -0.25) is 14.4 Å². The molecular formula is C72H116O6. The summed E-state index contributed by atoms with van der Waals surface area (Å²) in [5.41, 5.74) is 0. The lowest BCUT2D eigenvalue weighted by molar-refractivity contribution is -0.167. The molecule has 6 heteroatoms. The van der Waals surface area contributed by atoms with Crippen LogP contribution in [-0.4, -0.2) is 37.2 Å². The van der Waals surface area contributed by atoms with Gasteiger partial charge in [-0.1, -0.05) is 256 Å². The fourth-order valence-electron chi connectivity index (χ4n) is 8.27. The molecule has 0 saturated carbocycles. The standard InChI is InChI=1S/C72H116O6/c1-4-7-10-13-16-19-22-25-28-30-31-32-33-34-35-36-37-38-39-40-41-43-44-47-50-53-56-59-62-65-71(74)77-68-69(67-76-70(73)64-61-58-55-52-49-46-27-24-21-18-15-12-9-6-3)78-72(75)66-63-60-57-54-51-48-45-42-29-26-23-20-17-14-11-8-5-2/h7,10,15-20,24-29,31-32,34-35,37-38,40-41,44,47,69H,4-6,8-9,11-14,21-23,30,33,36,39,42-43,45-46,48-68H2,1-3H3/b10-7-,18-15-,19-16-,20-17-,27-24-,28-25-,29-26-,32-31-,35-34-,38-37-,41-40-,47-44-. The Kier molecular flexibility index (Phi) is 60.9. The van der Waals surface area contributed by atoms with E-state index in [-0.39, 0.29) is 31.1 Å². The third-order valence-electron chi connectivity index (χ3n) is 13.0. The van der Waals surface area contributed by atoms with Crippen LogP contribution in [-0.2, 0) is 28.6 Å². The van der Waals surface area contributed by atoms with Gasteiger partial charge in [0.2, 0.25) is 0 Å². The second-order valence-corrected chi connectivity index (χ2v) is 20.6. The van der Waals surface area contributed by atoms with Crippen molar-refractivity contribution in [2.75, 3.05) is 13.2 Å². The molecule has 0 aromatic heterocycles. The van der Waals surface area contributed by atoms with Crippen molar-refractivity contribution >= 4 is 17.9 Å². The summed E-state index contributed by atoms with van der Waals surface area (Å²) in [6, 6.07) is 0. The summed E-state index contributed by atoms with van der Waals surface area (Å²) in [4.78, 5) is 38.3. The first-order valence-corrected chi connectivity index (χ1v) is 31.8. The Morgan fingerprint density at radius 1 is 0.269 bits per heavy atom. The van der Waals surface area contributed by atoms with E-state index in [1.54, 1.807) is 0 Å². The average Bonchev–Trinajstić information content (AvgIpc) is 3.44. The molecule has 0 heterocycles. The van der Waals surface area contributed by atoms with E-state index in [1.165, 1.54) is 70.6 Å². The van der Waals surface area contributed by atoms with Gasteiger partial charge < -0.3 is 14.2 Å². The van der Waals surface area contributed by atoms with Crippen LogP contribution in [0.4, 0.5) is 0 Å². The summed E-state index contributed by atoms with van der Waals surface area (Å²) < 4.78 is 16.9. The van der Waals surface area contributed by atoms with Crippen LogP contribution in [0.15, 0.2) is 146 Å². The minimum absolute atomic E-state index is 0.101. The van der Waals surface area contributed by atoms with Crippen LogP contribution in [0.3, 0.4) is 0 Å². The van der Waals surface area contributed by atoms with Crippen molar-refractivity contribution < 1.29 is 28.6 Å². The van der Waals surface area contributed by atoms with Crippen LogP contribution in [0.1, 0.15) is 271 Å². The summed E-state index contributed by atoms with van der Waals surface area (Å²) in [7, 11) is 0. The van der Waals surface area contributed by atoms with E-state index >= 15 is 0 Å². The Hall–Kier alpha value is -4.71. The van der Waals surface area contributed by atoms with Gasteiger partial charge in [-0.05, 0) is 141 Å². The third kappa shape index (κ3) is 62.1. The van der Waals surface area contributed by atoms with Crippen LogP contribution in [0.2, 0.25) is 0 Å². The second-order valence-electron chi connectivity index (χ2n) is 20.6. The molecule has 0 fully saturated rings. The number of carbonyl (C=O) groups excluding carboxylic acids is 3. The molecule has 440 valence electrons. The number of esters is 3. The molecule has 1 atom stereocenters. The predicted molar refractivity (Wildman–Crippen MR) is 339 cm³/mol. The first-order valence-electron chi connectivity index (χ1n) is 31.8. The molecule has 0 aliphatic heterocycles. The van der Waals surface area contributed by atoms with Crippen molar-refractivity contribution in [1.82, 2.24) is 0 Å². The van der Waals surface area contributed by atoms with Crippen molar-refractivity contribution in [2.24, 2.45) is 0 Å². The molecule has 0 aliphatic rings. The molecule has 0 aromatic carbocycles. The minimum atomic E-state index is -0.806. The average molecular weight is 1080 g/mol. The lowest BCUT2D eigenvalue weighted by Gasteiger charge is -2.18. The third-order valence-corrected chi connectivity index (χ3v) is 13.0. The minimum Gasteiger partial charge on any atom is -0.462 e. The van der Waals surface area contributed by atoms with E-state index in [2.05, 4.69) is 167 Å². The van der Waals surface area contributed by atoms with Gasteiger partial charge in [0.15, 0.2) is 6.10 Å². The van der Waals surface area contributed by atoms with Gasteiger partial charge in [-0.15, -0.1) is 0 Å². The summed E-state index contributed by atoms with van der Waals surface area (Å²) >= 11 is 0. The highest BCUT2D eigenvalue weighted by Gasteiger charge is 2.19. The lowest BCUT2D eigenvalue weighted by Crippen LogP contribution is -2.30. The van der Waals surface area contributed by atoms with Gasteiger partial charge >= 0.3 is 17.9 Å². The van der Waals surface area contributed by atoms with E-state index in [1.807, 2.05) is 0 Å². The van der Waals surface area contributed by atoms with Crippen LogP contribution in [0, 0.1) is 0 Å². The summed E-state index contributed by atoms with van der Waals surface area (Å²) in [6.07, 6.45) is 92.7. The molecule has 0 saturated heterocycles. The van der Waals surface area contributed by atoms with Crippen molar-refractivity contribution in [2.45, 2.75) is 277 Å². The molecule has 0 N–H and O–H groups in total. The van der Waals surface area contributed by atoms with E-state index in [0.29, 0.717) is 19.3 Å². The maximum absolute atomic E-state index is 12.9. The Morgan fingerprint density at radius 3 is 0.821 bits per heavy atom. The Morgan fingerprint density at radius 2 is 0.513 bits per heavy atom. The largest absolute Gasteiger partial charge is 0.462 e. The molecule has 0 spiro atoms. The van der Waals surface area contributed by atoms with Crippen LogP contribution < -0.4 is 0 Å². The van der Waals surface area contributed by atoms with E-state index in [9.17, 15) is 14.4 Å². The zero-order valence-electron chi connectivity index (χ0n) is 50.4.